The van der Waals surface area contributed by atoms with Crippen molar-refractivity contribution in [2.75, 3.05) is 0 Å². The van der Waals surface area contributed by atoms with Gasteiger partial charge >= 0.3 is 0 Å². The smallest absolute Gasteiger partial charge is 0.0723 e. The van der Waals surface area contributed by atoms with Crippen molar-refractivity contribution in [2.24, 2.45) is 29.6 Å². The Morgan fingerprint density at radius 1 is 0.944 bits per heavy atom. The fraction of sp³-hybridized carbons (Fsp3) is 0.765. The molecule has 1 nitrogen and oxygen atoms in total. The molecule has 0 amide bonds. The van der Waals surface area contributed by atoms with Gasteiger partial charge < -0.3 is 5.11 Å². The predicted octanol–water partition coefficient (Wildman–Crippen LogP) is 3.70. The minimum absolute atomic E-state index is 0.141. The van der Waals surface area contributed by atoms with Crippen LogP contribution >= 0.6 is 0 Å². The molecule has 0 bridgehead atoms. The van der Waals surface area contributed by atoms with Gasteiger partial charge in [0.05, 0.1) is 6.10 Å². The quantitative estimate of drug-likeness (QED) is 0.644. The highest BCUT2D eigenvalue weighted by molar-refractivity contribution is 5.20. The van der Waals surface area contributed by atoms with E-state index < -0.39 is 0 Å². The van der Waals surface area contributed by atoms with Crippen molar-refractivity contribution in [1.82, 2.24) is 0 Å². The molecule has 0 aromatic heterocycles. The summed E-state index contributed by atoms with van der Waals surface area (Å²) in [5, 5.41) is 9.81. The SMILES string of the molecule is OC1C=C2CCC3C4CC=CC4CCC3C2CC1. The van der Waals surface area contributed by atoms with E-state index in [0.29, 0.717) is 0 Å². The summed E-state index contributed by atoms with van der Waals surface area (Å²) >= 11 is 0. The van der Waals surface area contributed by atoms with Crippen LogP contribution in [0.15, 0.2) is 23.8 Å². The van der Waals surface area contributed by atoms with Crippen molar-refractivity contribution in [3.63, 3.8) is 0 Å². The summed E-state index contributed by atoms with van der Waals surface area (Å²) in [4.78, 5) is 0. The fourth-order valence-corrected chi connectivity index (χ4v) is 5.46. The summed E-state index contributed by atoms with van der Waals surface area (Å²) in [6, 6.07) is 0. The lowest BCUT2D eigenvalue weighted by Gasteiger charge is -2.49. The standard InChI is InChI=1S/C17H24O/c18-13-6-9-15-12(10-13)5-8-16-14-3-1-2-11(14)4-7-17(15)16/h1-2,10-11,13-18H,3-9H2. The van der Waals surface area contributed by atoms with E-state index >= 15 is 0 Å². The molecule has 4 rings (SSSR count). The van der Waals surface area contributed by atoms with E-state index in [1.54, 1.807) is 5.57 Å². The second-order valence-electron chi connectivity index (χ2n) is 6.93. The van der Waals surface area contributed by atoms with Gasteiger partial charge in [0.25, 0.3) is 0 Å². The lowest BCUT2D eigenvalue weighted by molar-refractivity contribution is 0.0481. The number of aliphatic hydroxyl groups is 1. The first-order valence-electron chi connectivity index (χ1n) is 7.88. The molecule has 4 aliphatic carbocycles. The van der Waals surface area contributed by atoms with Crippen molar-refractivity contribution in [2.45, 2.75) is 51.0 Å². The molecule has 1 N–H and O–H groups in total. The fourth-order valence-electron chi connectivity index (χ4n) is 5.46. The molecule has 18 heavy (non-hydrogen) atoms. The Balaban J connectivity index is 1.60. The Morgan fingerprint density at radius 3 is 2.83 bits per heavy atom. The minimum atomic E-state index is -0.141. The Bertz CT molecular complexity index is 394. The molecule has 0 aromatic carbocycles. The highest BCUT2D eigenvalue weighted by atomic mass is 16.3. The van der Waals surface area contributed by atoms with Gasteiger partial charge in [-0.1, -0.05) is 23.8 Å². The summed E-state index contributed by atoms with van der Waals surface area (Å²) in [5.41, 5.74) is 1.61. The molecule has 4 aliphatic rings. The largest absolute Gasteiger partial charge is 0.389 e. The first-order chi connectivity index (χ1) is 8.83. The second kappa shape index (κ2) is 4.23. The molecule has 1 heteroatoms. The van der Waals surface area contributed by atoms with Crippen LogP contribution in [0.5, 0.6) is 0 Å². The van der Waals surface area contributed by atoms with Crippen molar-refractivity contribution in [1.29, 1.82) is 0 Å². The molecular weight excluding hydrogens is 220 g/mol. The molecule has 0 aromatic rings. The Labute approximate surface area is 110 Å². The number of allylic oxidation sites excluding steroid dienone is 3. The van der Waals surface area contributed by atoms with Gasteiger partial charge in [0, 0.05) is 0 Å². The van der Waals surface area contributed by atoms with Gasteiger partial charge in [0.2, 0.25) is 0 Å². The molecule has 98 valence electrons. The summed E-state index contributed by atoms with van der Waals surface area (Å²) in [6.07, 6.45) is 16.1. The third kappa shape index (κ3) is 1.63. The molecule has 0 saturated heterocycles. The molecular formula is C17H24O. The maximum atomic E-state index is 9.81. The zero-order valence-electron chi connectivity index (χ0n) is 11.1. The zero-order chi connectivity index (χ0) is 12.1. The zero-order valence-corrected chi connectivity index (χ0v) is 11.1. The summed E-state index contributed by atoms with van der Waals surface area (Å²) < 4.78 is 0. The predicted molar refractivity (Wildman–Crippen MR) is 73.0 cm³/mol. The lowest BCUT2D eigenvalue weighted by atomic mass is 9.56. The Morgan fingerprint density at radius 2 is 1.89 bits per heavy atom. The van der Waals surface area contributed by atoms with Crippen LogP contribution in [0.4, 0.5) is 0 Å². The van der Waals surface area contributed by atoms with Crippen LogP contribution in [0.2, 0.25) is 0 Å². The van der Waals surface area contributed by atoms with Crippen molar-refractivity contribution >= 4 is 0 Å². The minimum Gasteiger partial charge on any atom is -0.389 e. The molecule has 0 heterocycles. The molecule has 2 saturated carbocycles. The van der Waals surface area contributed by atoms with E-state index in [0.717, 1.165) is 36.0 Å². The number of aliphatic hydroxyl groups excluding tert-OH is 1. The van der Waals surface area contributed by atoms with Crippen LogP contribution in [0.1, 0.15) is 44.9 Å². The topological polar surface area (TPSA) is 20.2 Å². The lowest BCUT2D eigenvalue weighted by Crippen LogP contribution is -2.41. The summed E-state index contributed by atoms with van der Waals surface area (Å²) in [7, 11) is 0. The Kier molecular flexibility index (Phi) is 2.65. The monoisotopic (exact) mass is 244 g/mol. The Hall–Kier alpha value is -0.560. The van der Waals surface area contributed by atoms with Crippen molar-refractivity contribution < 1.29 is 5.11 Å². The third-order valence-electron chi connectivity index (χ3n) is 6.21. The van der Waals surface area contributed by atoms with Gasteiger partial charge in [-0.25, -0.2) is 0 Å². The maximum Gasteiger partial charge on any atom is 0.0723 e. The average Bonchev–Trinajstić information content (AvgIpc) is 2.86. The van der Waals surface area contributed by atoms with E-state index in [2.05, 4.69) is 18.2 Å². The van der Waals surface area contributed by atoms with E-state index in [1.165, 1.54) is 38.5 Å². The molecule has 0 aliphatic heterocycles. The highest BCUT2D eigenvalue weighted by Gasteiger charge is 2.46. The number of fused-ring (bicyclic) bond motifs is 5. The molecule has 0 spiro atoms. The van der Waals surface area contributed by atoms with Crippen LogP contribution in [-0.4, -0.2) is 11.2 Å². The van der Waals surface area contributed by atoms with E-state index in [-0.39, 0.29) is 6.10 Å². The van der Waals surface area contributed by atoms with Gasteiger partial charge in [-0.2, -0.15) is 0 Å². The number of hydrogen-bond donors (Lipinski definition) is 1. The first-order valence-corrected chi connectivity index (χ1v) is 7.88. The van der Waals surface area contributed by atoms with Crippen LogP contribution in [0, 0.1) is 29.6 Å². The van der Waals surface area contributed by atoms with E-state index in [1.807, 2.05) is 0 Å². The molecule has 0 radical (unpaired) electrons. The van der Waals surface area contributed by atoms with E-state index in [4.69, 9.17) is 0 Å². The van der Waals surface area contributed by atoms with E-state index in [9.17, 15) is 5.11 Å². The first kappa shape index (κ1) is 11.3. The van der Waals surface area contributed by atoms with Crippen LogP contribution in [0.3, 0.4) is 0 Å². The van der Waals surface area contributed by atoms with Gasteiger partial charge in [-0.3, -0.25) is 0 Å². The molecule has 2 fully saturated rings. The number of hydrogen-bond acceptors (Lipinski definition) is 1. The third-order valence-corrected chi connectivity index (χ3v) is 6.21. The van der Waals surface area contributed by atoms with Crippen LogP contribution in [-0.2, 0) is 0 Å². The van der Waals surface area contributed by atoms with Crippen molar-refractivity contribution in [3.8, 4) is 0 Å². The average molecular weight is 244 g/mol. The molecule has 6 unspecified atom stereocenters. The summed E-state index contributed by atoms with van der Waals surface area (Å²) in [6.45, 7) is 0. The molecule has 6 atom stereocenters. The number of rotatable bonds is 0. The van der Waals surface area contributed by atoms with Crippen LogP contribution < -0.4 is 0 Å². The highest BCUT2D eigenvalue weighted by Crippen LogP contribution is 2.55. The maximum absolute atomic E-state index is 9.81. The second-order valence-corrected chi connectivity index (χ2v) is 6.93. The van der Waals surface area contributed by atoms with Gasteiger partial charge in [0.15, 0.2) is 0 Å². The normalized spacial score (nSPS) is 50.2. The summed E-state index contributed by atoms with van der Waals surface area (Å²) in [5.74, 6) is 4.63. The van der Waals surface area contributed by atoms with Gasteiger partial charge in [-0.05, 0) is 74.5 Å². The van der Waals surface area contributed by atoms with Crippen LogP contribution in [0.25, 0.3) is 0 Å². The van der Waals surface area contributed by atoms with Gasteiger partial charge in [0.1, 0.15) is 0 Å². The van der Waals surface area contributed by atoms with Gasteiger partial charge in [-0.15, -0.1) is 0 Å². The van der Waals surface area contributed by atoms with Crippen molar-refractivity contribution in [3.05, 3.63) is 23.8 Å².